The lowest BCUT2D eigenvalue weighted by atomic mass is 9.99. The number of benzene rings is 2. The van der Waals surface area contributed by atoms with E-state index in [9.17, 15) is 18.4 Å². The number of hydrogen-bond donors (Lipinski definition) is 0. The summed E-state index contributed by atoms with van der Waals surface area (Å²) in [4.78, 5) is 33.8. The minimum atomic E-state index is -1.00. The average molecular weight is 544 g/mol. The number of cyclic esters (lactones) is 1. The molecule has 4 aromatic rings. The zero-order valence-electron chi connectivity index (χ0n) is 21.6. The number of carbonyl (C=O) groups is 2. The van der Waals surface area contributed by atoms with Crippen molar-refractivity contribution in [2.24, 2.45) is 0 Å². The van der Waals surface area contributed by atoms with Crippen molar-refractivity contribution >= 4 is 12.0 Å². The van der Waals surface area contributed by atoms with Gasteiger partial charge in [-0.2, -0.15) is 5.10 Å². The molecule has 0 bridgehead atoms. The van der Waals surface area contributed by atoms with Gasteiger partial charge in [-0.15, -0.1) is 0 Å². The van der Waals surface area contributed by atoms with Crippen LogP contribution in [0.15, 0.2) is 79.1 Å². The number of pyridine rings is 1. The molecular weight excluding hydrogens is 516 g/mol. The number of piperidine rings is 1. The van der Waals surface area contributed by atoms with E-state index >= 15 is 0 Å². The molecule has 2 fully saturated rings. The van der Waals surface area contributed by atoms with E-state index in [-0.39, 0.29) is 29.8 Å². The van der Waals surface area contributed by atoms with E-state index in [1.54, 1.807) is 35.5 Å². The maximum Gasteiger partial charge on any atom is 0.410 e. The van der Waals surface area contributed by atoms with Crippen molar-refractivity contribution in [2.75, 3.05) is 19.7 Å². The third-order valence-corrected chi connectivity index (χ3v) is 7.51. The number of halogens is 2. The van der Waals surface area contributed by atoms with Crippen molar-refractivity contribution in [3.05, 3.63) is 102 Å². The van der Waals surface area contributed by atoms with Crippen molar-refractivity contribution in [1.29, 1.82) is 0 Å². The smallest absolute Gasteiger partial charge is 0.410 e. The molecular formula is C30H27F2N5O3. The summed E-state index contributed by atoms with van der Waals surface area (Å²) in [5.74, 6) is -2.23. The fourth-order valence-corrected chi connectivity index (χ4v) is 5.50. The second-order valence-electron chi connectivity index (χ2n) is 10.0. The highest BCUT2D eigenvalue weighted by atomic mass is 19.2. The number of aromatic nitrogens is 3. The molecule has 40 heavy (non-hydrogen) atoms. The van der Waals surface area contributed by atoms with Gasteiger partial charge < -0.3 is 9.64 Å². The Morgan fingerprint density at radius 2 is 1.70 bits per heavy atom. The van der Waals surface area contributed by atoms with Gasteiger partial charge in [0, 0.05) is 43.2 Å². The highest BCUT2D eigenvalue weighted by molar-refractivity contribution is 5.93. The first-order valence-electron chi connectivity index (χ1n) is 13.2. The summed E-state index contributed by atoms with van der Waals surface area (Å²) in [5.41, 5.74) is 2.90. The number of likely N-dealkylation sites (tertiary alicyclic amines) is 1. The number of ether oxygens (including phenoxy) is 1. The monoisotopic (exact) mass is 543 g/mol. The Balaban J connectivity index is 1.19. The lowest BCUT2D eigenvalue weighted by molar-refractivity contribution is 0.0631. The molecule has 0 radical (unpaired) electrons. The van der Waals surface area contributed by atoms with Gasteiger partial charge in [0.25, 0.3) is 5.91 Å². The van der Waals surface area contributed by atoms with Gasteiger partial charge >= 0.3 is 6.09 Å². The fraction of sp³-hybridized carbons (Fsp3) is 0.267. The van der Waals surface area contributed by atoms with Gasteiger partial charge in [0.15, 0.2) is 17.3 Å². The summed E-state index contributed by atoms with van der Waals surface area (Å²) in [5, 5.41) is 4.50. The zero-order valence-corrected chi connectivity index (χ0v) is 21.6. The quantitative estimate of drug-likeness (QED) is 0.346. The summed E-state index contributed by atoms with van der Waals surface area (Å²) in [6, 6.07) is 18.6. The van der Waals surface area contributed by atoms with Crippen LogP contribution in [0.25, 0.3) is 16.9 Å². The van der Waals surface area contributed by atoms with Gasteiger partial charge in [0.05, 0.1) is 17.4 Å². The van der Waals surface area contributed by atoms with Gasteiger partial charge in [-0.25, -0.2) is 18.3 Å². The van der Waals surface area contributed by atoms with E-state index in [2.05, 4.69) is 10.1 Å². The molecule has 10 heteroatoms. The predicted molar refractivity (Wildman–Crippen MR) is 143 cm³/mol. The molecule has 0 spiro atoms. The van der Waals surface area contributed by atoms with Gasteiger partial charge in [0.1, 0.15) is 6.61 Å². The highest BCUT2D eigenvalue weighted by Gasteiger charge is 2.40. The van der Waals surface area contributed by atoms with Crippen LogP contribution >= 0.6 is 0 Å². The van der Waals surface area contributed by atoms with E-state index in [0.29, 0.717) is 50.3 Å². The molecule has 204 valence electrons. The third kappa shape index (κ3) is 5.04. The Hall–Kier alpha value is -4.60. The highest BCUT2D eigenvalue weighted by Crippen LogP contribution is 2.28. The zero-order chi connectivity index (χ0) is 27.6. The van der Waals surface area contributed by atoms with Crippen LogP contribution in [-0.4, -0.2) is 68.3 Å². The second-order valence-corrected chi connectivity index (χ2v) is 10.0. The van der Waals surface area contributed by atoms with E-state index in [4.69, 9.17) is 4.74 Å². The van der Waals surface area contributed by atoms with Gasteiger partial charge in [-0.05, 0) is 55.2 Å². The molecule has 4 heterocycles. The maximum atomic E-state index is 14.1. The van der Waals surface area contributed by atoms with Crippen molar-refractivity contribution in [2.45, 2.75) is 31.3 Å². The first kappa shape index (κ1) is 25.7. The van der Waals surface area contributed by atoms with Crippen molar-refractivity contribution in [3.8, 4) is 16.9 Å². The average Bonchev–Trinajstić information content (AvgIpc) is 3.59. The maximum absolute atomic E-state index is 14.1. The summed E-state index contributed by atoms with van der Waals surface area (Å²) in [6.45, 7) is 1.26. The van der Waals surface area contributed by atoms with E-state index in [0.717, 1.165) is 23.3 Å². The van der Waals surface area contributed by atoms with Crippen LogP contribution in [0.3, 0.4) is 0 Å². The summed E-state index contributed by atoms with van der Waals surface area (Å²) >= 11 is 0. The third-order valence-electron chi connectivity index (χ3n) is 7.51. The van der Waals surface area contributed by atoms with E-state index < -0.39 is 11.6 Å². The standard InChI is InChI=1S/C30H27F2N5O3/c31-25-7-6-23(17-26(25)32)37-28(21-8-12-33-13-9-21)18-27(34-37)29(38)35-14-10-22(11-15-35)36-24(19-40-30(36)39)16-20-4-2-1-3-5-20/h1-9,12-13,17-18,22,24H,10-11,14-16,19H2. The summed E-state index contributed by atoms with van der Waals surface area (Å²) in [6.07, 6.45) is 4.86. The molecule has 0 N–H and O–H groups in total. The number of nitrogens with zero attached hydrogens (tertiary/aromatic N) is 5. The fourth-order valence-electron chi connectivity index (χ4n) is 5.50. The molecule has 2 aromatic heterocycles. The first-order valence-corrected chi connectivity index (χ1v) is 13.2. The molecule has 1 unspecified atom stereocenters. The van der Waals surface area contributed by atoms with Gasteiger partial charge in [0.2, 0.25) is 0 Å². The van der Waals surface area contributed by atoms with Crippen molar-refractivity contribution < 1.29 is 23.1 Å². The van der Waals surface area contributed by atoms with Gasteiger partial charge in [-0.3, -0.25) is 14.7 Å². The Kier molecular flexibility index (Phi) is 6.98. The molecule has 2 saturated heterocycles. The molecule has 1 atom stereocenters. The SMILES string of the molecule is O=C(c1cc(-c2ccncc2)n(-c2ccc(F)c(F)c2)n1)N1CCC(N2C(=O)OCC2Cc2ccccc2)CC1. The van der Waals surface area contributed by atoms with Crippen LogP contribution in [0.1, 0.15) is 28.9 Å². The van der Waals surface area contributed by atoms with Gasteiger partial charge in [-0.1, -0.05) is 30.3 Å². The number of carbonyl (C=O) groups excluding carboxylic acids is 2. The van der Waals surface area contributed by atoms with Crippen LogP contribution in [0.5, 0.6) is 0 Å². The Labute approximate surface area is 229 Å². The van der Waals surface area contributed by atoms with Crippen LogP contribution in [0.2, 0.25) is 0 Å². The van der Waals surface area contributed by atoms with E-state index in [1.807, 2.05) is 35.2 Å². The number of hydrogen-bond acceptors (Lipinski definition) is 5. The van der Waals surface area contributed by atoms with Crippen LogP contribution in [0, 0.1) is 11.6 Å². The molecule has 0 saturated carbocycles. The summed E-state index contributed by atoms with van der Waals surface area (Å²) < 4.78 is 34.5. The predicted octanol–water partition coefficient (Wildman–Crippen LogP) is 4.88. The van der Waals surface area contributed by atoms with Crippen LogP contribution < -0.4 is 0 Å². The normalized spacial score (nSPS) is 17.8. The molecule has 6 rings (SSSR count). The van der Waals surface area contributed by atoms with Crippen molar-refractivity contribution in [1.82, 2.24) is 24.6 Å². The Morgan fingerprint density at radius 1 is 0.950 bits per heavy atom. The summed E-state index contributed by atoms with van der Waals surface area (Å²) in [7, 11) is 0. The lowest BCUT2D eigenvalue weighted by Crippen LogP contribution is -2.50. The van der Waals surface area contributed by atoms with Crippen LogP contribution in [0.4, 0.5) is 13.6 Å². The first-order chi connectivity index (χ1) is 19.5. The molecule has 2 aliphatic rings. The lowest BCUT2D eigenvalue weighted by Gasteiger charge is -2.37. The second kappa shape index (κ2) is 10.9. The minimum absolute atomic E-state index is 0.0279. The molecule has 8 nitrogen and oxygen atoms in total. The van der Waals surface area contributed by atoms with E-state index in [1.165, 1.54) is 10.7 Å². The molecule has 2 amide bonds. The minimum Gasteiger partial charge on any atom is -0.447 e. The Morgan fingerprint density at radius 3 is 2.42 bits per heavy atom. The largest absolute Gasteiger partial charge is 0.447 e. The molecule has 2 aliphatic heterocycles. The van der Waals surface area contributed by atoms with Crippen LogP contribution in [-0.2, 0) is 11.2 Å². The number of amides is 2. The Bertz CT molecular complexity index is 1520. The topological polar surface area (TPSA) is 80.6 Å². The molecule has 2 aromatic carbocycles. The molecule has 0 aliphatic carbocycles. The number of rotatable bonds is 6. The van der Waals surface area contributed by atoms with Crippen molar-refractivity contribution in [3.63, 3.8) is 0 Å².